The SMILES string of the molecule is Cc1cccc(-n2c(C)cc(/C=N\NC(=O)Cc3ccc(C)cc3C)c2C)c1. The highest BCUT2D eigenvalue weighted by Gasteiger charge is 2.10. The van der Waals surface area contributed by atoms with E-state index >= 15 is 0 Å². The first-order valence-corrected chi connectivity index (χ1v) is 9.49. The zero-order chi connectivity index (χ0) is 20.3. The van der Waals surface area contributed by atoms with Gasteiger partial charge in [0.15, 0.2) is 0 Å². The van der Waals surface area contributed by atoms with E-state index < -0.39 is 0 Å². The van der Waals surface area contributed by atoms with Crippen LogP contribution in [0, 0.1) is 34.6 Å². The molecule has 0 radical (unpaired) electrons. The molecule has 4 heteroatoms. The number of aryl methyl sites for hydroxylation is 4. The van der Waals surface area contributed by atoms with Gasteiger partial charge in [-0.1, -0.05) is 35.9 Å². The van der Waals surface area contributed by atoms with Crippen molar-refractivity contribution < 1.29 is 4.79 Å². The van der Waals surface area contributed by atoms with Crippen LogP contribution in [0.4, 0.5) is 0 Å². The van der Waals surface area contributed by atoms with Crippen LogP contribution in [0.1, 0.15) is 39.2 Å². The number of aromatic nitrogens is 1. The maximum absolute atomic E-state index is 12.2. The molecule has 0 bridgehead atoms. The van der Waals surface area contributed by atoms with Crippen molar-refractivity contribution in [1.29, 1.82) is 0 Å². The van der Waals surface area contributed by atoms with Gasteiger partial charge >= 0.3 is 0 Å². The Morgan fingerprint density at radius 2 is 1.75 bits per heavy atom. The monoisotopic (exact) mass is 373 g/mol. The Bertz CT molecular complexity index is 1040. The quantitative estimate of drug-likeness (QED) is 0.511. The number of carbonyl (C=O) groups excluding carboxylic acids is 1. The number of nitrogens with zero attached hydrogens (tertiary/aromatic N) is 2. The van der Waals surface area contributed by atoms with E-state index in [1.54, 1.807) is 6.21 Å². The molecule has 1 N–H and O–H groups in total. The van der Waals surface area contributed by atoms with Crippen molar-refractivity contribution in [2.75, 3.05) is 0 Å². The summed E-state index contributed by atoms with van der Waals surface area (Å²) in [7, 11) is 0. The number of nitrogens with one attached hydrogen (secondary N) is 1. The van der Waals surface area contributed by atoms with Crippen LogP contribution in [0.2, 0.25) is 0 Å². The van der Waals surface area contributed by atoms with Crippen molar-refractivity contribution in [3.63, 3.8) is 0 Å². The molecule has 0 saturated heterocycles. The first-order chi connectivity index (χ1) is 13.3. The van der Waals surface area contributed by atoms with Gasteiger partial charge in [0.05, 0.1) is 12.6 Å². The highest BCUT2D eigenvalue weighted by molar-refractivity contribution is 5.85. The maximum atomic E-state index is 12.2. The van der Waals surface area contributed by atoms with E-state index in [1.165, 1.54) is 11.1 Å². The second kappa shape index (κ2) is 8.26. The largest absolute Gasteiger partial charge is 0.318 e. The van der Waals surface area contributed by atoms with E-state index in [0.717, 1.165) is 33.8 Å². The third-order valence-electron chi connectivity index (χ3n) is 4.97. The number of benzene rings is 2. The molecule has 0 fully saturated rings. The molecule has 0 aliphatic carbocycles. The summed E-state index contributed by atoms with van der Waals surface area (Å²) < 4.78 is 2.20. The summed E-state index contributed by atoms with van der Waals surface area (Å²) in [4.78, 5) is 12.2. The van der Waals surface area contributed by atoms with Crippen molar-refractivity contribution >= 4 is 12.1 Å². The molecule has 1 aromatic heterocycles. The second-order valence-electron chi connectivity index (χ2n) is 7.40. The average molecular weight is 374 g/mol. The standard InChI is InChI=1S/C24H27N3O/c1-16-7-6-8-23(12-16)27-19(4)13-22(20(27)5)15-25-26-24(28)14-21-10-9-17(2)11-18(21)3/h6-13,15H,14H2,1-5H3,(H,26,28)/b25-15-. The van der Waals surface area contributed by atoms with Crippen molar-refractivity contribution in [2.24, 2.45) is 5.10 Å². The number of hydrazone groups is 1. The molecule has 4 nitrogen and oxygen atoms in total. The highest BCUT2D eigenvalue weighted by atomic mass is 16.2. The molecule has 3 aromatic rings. The van der Waals surface area contributed by atoms with Crippen molar-refractivity contribution in [1.82, 2.24) is 9.99 Å². The lowest BCUT2D eigenvalue weighted by Crippen LogP contribution is -2.20. The topological polar surface area (TPSA) is 46.4 Å². The number of hydrogen-bond donors (Lipinski definition) is 1. The van der Waals surface area contributed by atoms with Crippen LogP contribution < -0.4 is 5.43 Å². The van der Waals surface area contributed by atoms with Crippen LogP contribution >= 0.6 is 0 Å². The normalized spacial score (nSPS) is 11.2. The van der Waals surface area contributed by atoms with Gasteiger partial charge in [0.25, 0.3) is 0 Å². The lowest BCUT2D eigenvalue weighted by molar-refractivity contribution is -0.120. The molecule has 1 heterocycles. The average Bonchev–Trinajstić information content (AvgIpc) is 2.91. The van der Waals surface area contributed by atoms with Gasteiger partial charge < -0.3 is 4.57 Å². The summed E-state index contributed by atoms with van der Waals surface area (Å²) in [5.74, 6) is -0.115. The summed E-state index contributed by atoms with van der Waals surface area (Å²) in [6.45, 7) is 10.3. The minimum atomic E-state index is -0.115. The zero-order valence-corrected chi connectivity index (χ0v) is 17.2. The molecular formula is C24H27N3O. The smallest absolute Gasteiger partial charge is 0.244 e. The molecule has 0 saturated carbocycles. The molecule has 0 aliphatic rings. The number of carbonyl (C=O) groups is 1. The molecule has 2 aromatic carbocycles. The first-order valence-electron chi connectivity index (χ1n) is 9.49. The third-order valence-corrected chi connectivity index (χ3v) is 4.97. The fourth-order valence-electron chi connectivity index (χ4n) is 3.51. The summed E-state index contributed by atoms with van der Waals surface area (Å²) in [6.07, 6.45) is 2.04. The van der Waals surface area contributed by atoms with Crippen LogP contribution in [-0.4, -0.2) is 16.7 Å². The minimum Gasteiger partial charge on any atom is -0.318 e. The second-order valence-corrected chi connectivity index (χ2v) is 7.40. The van der Waals surface area contributed by atoms with Crippen molar-refractivity contribution in [3.05, 3.63) is 87.7 Å². The maximum Gasteiger partial charge on any atom is 0.244 e. The fourth-order valence-corrected chi connectivity index (χ4v) is 3.51. The van der Waals surface area contributed by atoms with Crippen molar-refractivity contribution in [3.8, 4) is 5.69 Å². The molecule has 0 atom stereocenters. The van der Waals surface area contributed by atoms with Crippen molar-refractivity contribution in [2.45, 2.75) is 41.0 Å². The Kier molecular flexibility index (Phi) is 5.78. The molecule has 0 aliphatic heterocycles. The third kappa shape index (κ3) is 4.39. The summed E-state index contributed by atoms with van der Waals surface area (Å²) >= 11 is 0. The van der Waals surface area contributed by atoms with Gasteiger partial charge in [-0.25, -0.2) is 5.43 Å². The fraction of sp³-hybridized carbons (Fsp3) is 0.250. The Labute approximate surface area is 166 Å². The summed E-state index contributed by atoms with van der Waals surface area (Å²) in [5.41, 5.74) is 11.6. The molecule has 1 amide bonds. The van der Waals surface area contributed by atoms with Gasteiger partial charge in [0, 0.05) is 22.6 Å². The zero-order valence-electron chi connectivity index (χ0n) is 17.2. The van der Waals surface area contributed by atoms with Gasteiger partial charge in [-0.15, -0.1) is 0 Å². The predicted molar refractivity (Wildman–Crippen MR) is 115 cm³/mol. The summed E-state index contributed by atoms with van der Waals surface area (Å²) in [5, 5.41) is 4.17. The van der Waals surface area contributed by atoms with Crippen LogP contribution in [0.15, 0.2) is 53.6 Å². The van der Waals surface area contributed by atoms with Crippen LogP contribution in [-0.2, 0) is 11.2 Å². The van der Waals surface area contributed by atoms with Crippen LogP contribution in [0.3, 0.4) is 0 Å². The molecule has 0 spiro atoms. The Morgan fingerprint density at radius 3 is 2.46 bits per heavy atom. The molecular weight excluding hydrogens is 346 g/mol. The van der Waals surface area contributed by atoms with Gasteiger partial charge in [0.1, 0.15) is 0 Å². The van der Waals surface area contributed by atoms with E-state index in [1.807, 2.05) is 26.0 Å². The van der Waals surface area contributed by atoms with Crippen LogP contribution in [0.25, 0.3) is 5.69 Å². The first kappa shape index (κ1) is 19.6. The van der Waals surface area contributed by atoms with Gasteiger partial charge in [-0.2, -0.15) is 5.10 Å². The van der Waals surface area contributed by atoms with E-state index in [4.69, 9.17) is 0 Å². The van der Waals surface area contributed by atoms with Gasteiger partial charge in [-0.05, 0) is 69.5 Å². The van der Waals surface area contributed by atoms with E-state index in [0.29, 0.717) is 6.42 Å². The highest BCUT2D eigenvalue weighted by Crippen LogP contribution is 2.20. The van der Waals surface area contributed by atoms with E-state index in [9.17, 15) is 4.79 Å². The Balaban J connectivity index is 1.71. The van der Waals surface area contributed by atoms with Gasteiger partial charge in [0.2, 0.25) is 5.91 Å². The predicted octanol–water partition coefficient (Wildman–Crippen LogP) is 4.71. The van der Waals surface area contributed by atoms with E-state index in [-0.39, 0.29) is 5.91 Å². The number of amides is 1. The Hall–Kier alpha value is -3.14. The lowest BCUT2D eigenvalue weighted by Gasteiger charge is -2.10. The Morgan fingerprint density at radius 1 is 1.00 bits per heavy atom. The molecule has 0 unspecified atom stereocenters. The number of rotatable bonds is 5. The minimum absolute atomic E-state index is 0.115. The van der Waals surface area contributed by atoms with Gasteiger partial charge in [-0.3, -0.25) is 4.79 Å². The van der Waals surface area contributed by atoms with E-state index in [2.05, 4.69) is 72.3 Å². The molecule has 144 valence electrons. The molecule has 3 rings (SSSR count). The lowest BCUT2D eigenvalue weighted by atomic mass is 10.0. The molecule has 28 heavy (non-hydrogen) atoms. The van der Waals surface area contributed by atoms with Crippen LogP contribution in [0.5, 0.6) is 0 Å². The summed E-state index contributed by atoms with van der Waals surface area (Å²) in [6, 6.07) is 16.6. The number of hydrogen-bond acceptors (Lipinski definition) is 2.